The number of hydrogen-bond donors (Lipinski definition) is 3. The summed E-state index contributed by atoms with van der Waals surface area (Å²) in [6.45, 7) is 0. The SMILES string of the molecule is Nc1nc2c(Br)cc(C=CC(=O)O)cc2[nH]1. The van der Waals surface area contributed by atoms with Gasteiger partial charge in [-0.3, -0.25) is 0 Å². The van der Waals surface area contributed by atoms with Crippen molar-refractivity contribution >= 4 is 45.0 Å². The number of halogens is 1. The van der Waals surface area contributed by atoms with Gasteiger partial charge in [0.1, 0.15) is 5.52 Å². The van der Waals surface area contributed by atoms with E-state index in [1.807, 2.05) is 0 Å². The first-order valence-corrected chi connectivity index (χ1v) is 5.21. The van der Waals surface area contributed by atoms with Crippen molar-refractivity contribution in [2.24, 2.45) is 0 Å². The average molecular weight is 282 g/mol. The van der Waals surface area contributed by atoms with E-state index in [0.717, 1.165) is 27.1 Å². The Balaban J connectivity index is 2.53. The number of hydrogen-bond acceptors (Lipinski definition) is 3. The van der Waals surface area contributed by atoms with Crippen LogP contribution in [0.2, 0.25) is 0 Å². The van der Waals surface area contributed by atoms with Gasteiger partial charge in [-0.2, -0.15) is 0 Å². The number of H-pyrrole nitrogens is 1. The summed E-state index contributed by atoms with van der Waals surface area (Å²) in [7, 11) is 0. The third-order valence-electron chi connectivity index (χ3n) is 2.00. The number of carbonyl (C=O) groups is 1. The quantitative estimate of drug-likeness (QED) is 0.734. The third-order valence-corrected chi connectivity index (χ3v) is 2.60. The van der Waals surface area contributed by atoms with Crippen LogP contribution in [0.4, 0.5) is 5.95 Å². The summed E-state index contributed by atoms with van der Waals surface area (Å²) in [4.78, 5) is 17.4. The van der Waals surface area contributed by atoms with Crippen LogP contribution in [0.15, 0.2) is 22.7 Å². The number of anilines is 1. The van der Waals surface area contributed by atoms with Crippen molar-refractivity contribution in [2.75, 3.05) is 5.73 Å². The fourth-order valence-electron chi connectivity index (χ4n) is 1.38. The Bertz CT molecular complexity index is 589. The molecule has 0 unspecified atom stereocenters. The zero-order valence-electron chi connectivity index (χ0n) is 8.07. The first kappa shape index (κ1) is 10.7. The molecule has 1 aromatic carbocycles. The maximum Gasteiger partial charge on any atom is 0.328 e. The highest BCUT2D eigenvalue weighted by Crippen LogP contribution is 2.25. The van der Waals surface area contributed by atoms with Crippen molar-refractivity contribution in [3.63, 3.8) is 0 Å². The van der Waals surface area contributed by atoms with E-state index in [2.05, 4.69) is 25.9 Å². The molecule has 2 aromatic rings. The number of benzene rings is 1. The molecule has 4 N–H and O–H groups in total. The highest BCUT2D eigenvalue weighted by atomic mass is 79.9. The first-order valence-electron chi connectivity index (χ1n) is 4.42. The number of nitrogens with zero attached hydrogens (tertiary/aromatic N) is 1. The molecule has 0 amide bonds. The summed E-state index contributed by atoms with van der Waals surface area (Å²) in [6, 6.07) is 3.56. The van der Waals surface area contributed by atoms with Crippen LogP contribution in [-0.2, 0) is 4.79 Å². The Hall–Kier alpha value is -1.82. The smallest absolute Gasteiger partial charge is 0.328 e. The molecule has 0 aliphatic carbocycles. The molecule has 82 valence electrons. The number of aromatic amines is 1. The van der Waals surface area contributed by atoms with Gasteiger partial charge < -0.3 is 15.8 Å². The number of nitrogen functional groups attached to an aromatic ring is 1. The number of imidazole rings is 1. The largest absolute Gasteiger partial charge is 0.478 e. The summed E-state index contributed by atoms with van der Waals surface area (Å²) in [5.74, 6) is -0.657. The Labute approximate surface area is 99.1 Å². The van der Waals surface area contributed by atoms with Crippen molar-refractivity contribution in [3.05, 3.63) is 28.2 Å². The van der Waals surface area contributed by atoms with Crippen LogP contribution in [0.25, 0.3) is 17.1 Å². The summed E-state index contributed by atoms with van der Waals surface area (Å²) in [6.07, 6.45) is 2.58. The Morgan fingerprint density at radius 3 is 3.00 bits per heavy atom. The maximum absolute atomic E-state index is 10.4. The molecule has 0 bridgehead atoms. The molecule has 2 rings (SSSR count). The second kappa shape index (κ2) is 3.97. The fourth-order valence-corrected chi connectivity index (χ4v) is 1.95. The number of aromatic nitrogens is 2. The molecule has 0 fully saturated rings. The molecule has 0 aliphatic rings. The number of rotatable bonds is 2. The Kier molecular flexibility index (Phi) is 2.66. The van der Waals surface area contributed by atoms with Gasteiger partial charge in [0.15, 0.2) is 5.95 Å². The minimum atomic E-state index is -0.986. The lowest BCUT2D eigenvalue weighted by atomic mass is 10.2. The van der Waals surface area contributed by atoms with E-state index in [9.17, 15) is 4.79 Å². The molecular weight excluding hydrogens is 274 g/mol. The van der Waals surface area contributed by atoms with Crippen LogP contribution in [0.5, 0.6) is 0 Å². The van der Waals surface area contributed by atoms with Crippen LogP contribution >= 0.6 is 15.9 Å². The summed E-state index contributed by atoms with van der Waals surface area (Å²) in [5.41, 5.74) is 7.77. The lowest BCUT2D eigenvalue weighted by molar-refractivity contribution is -0.131. The van der Waals surface area contributed by atoms with E-state index < -0.39 is 5.97 Å². The highest BCUT2D eigenvalue weighted by Gasteiger charge is 2.05. The van der Waals surface area contributed by atoms with Crippen molar-refractivity contribution in [1.29, 1.82) is 0 Å². The average Bonchev–Trinajstić information content (AvgIpc) is 2.56. The van der Waals surface area contributed by atoms with E-state index in [4.69, 9.17) is 10.8 Å². The highest BCUT2D eigenvalue weighted by molar-refractivity contribution is 9.10. The molecule has 6 heteroatoms. The van der Waals surface area contributed by atoms with Gasteiger partial charge in [-0.1, -0.05) is 0 Å². The van der Waals surface area contributed by atoms with Gasteiger partial charge in [0.05, 0.1) is 5.52 Å². The normalized spacial score (nSPS) is 11.3. The van der Waals surface area contributed by atoms with Gasteiger partial charge in [0.25, 0.3) is 0 Å². The molecular formula is C10H8BrN3O2. The zero-order chi connectivity index (χ0) is 11.7. The Morgan fingerprint density at radius 1 is 1.56 bits per heavy atom. The van der Waals surface area contributed by atoms with Crippen molar-refractivity contribution in [3.8, 4) is 0 Å². The van der Waals surface area contributed by atoms with E-state index in [-0.39, 0.29) is 0 Å². The van der Waals surface area contributed by atoms with Crippen LogP contribution in [0.3, 0.4) is 0 Å². The van der Waals surface area contributed by atoms with Gasteiger partial charge >= 0.3 is 5.97 Å². The van der Waals surface area contributed by atoms with Gasteiger partial charge in [0.2, 0.25) is 0 Å². The molecule has 0 aliphatic heterocycles. The summed E-state index contributed by atoms with van der Waals surface area (Å²) in [5, 5.41) is 8.52. The number of fused-ring (bicyclic) bond motifs is 1. The number of carboxylic acids is 1. The van der Waals surface area contributed by atoms with Crippen molar-refractivity contribution < 1.29 is 9.90 Å². The van der Waals surface area contributed by atoms with Crippen LogP contribution in [0, 0.1) is 0 Å². The lowest BCUT2D eigenvalue weighted by Crippen LogP contribution is -1.86. The van der Waals surface area contributed by atoms with Crippen LogP contribution in [-0.4, -0.2) is 21.0 Å². The third kappa shape index (κ3) is 2.06. The molecule has 5 nitrogen and oxygen atoms in total. The number of carboxylic acid groups (broad SMARTS) is 1. The van der Waals surface area contributed by atoms with Crippen molar-refractivity contribution in [1.82, 2.24) is 9.97 Å². The van der Waals surface area contributed by atoms with Gasteiger partial charge in [0, 0.05) is 10.5 Å². The predicted octanol–water partition coefficient (Wildman–Crippen LogP) is 2.01. The van der Waals surface area contributed by atoms with Gasteiger partial charge in [-0.25, -0.2) is 9.78 Å². The second-order valence-electron chi connectivity index (χ2n) is 3.19. The van der Waals surface area contributed by atoms with E-state index in [0.29, 0.717) is 5.95 Å². The van der Waals surface area contributed by atoms with Gasteiger partial charge in [-0.05, 0) is 39.7 Å². The van der Waals surface area contributed by atoms with Crippen LogP contribution < -0.4 is 5.73 Å². The minimum Gasteiger partial charge on any atom is -0.478 e. The first-order chi connectivity index (χ1) is 7.56. The van der Waals surface area contributed by atoms with E-state index in [1.54, 1.807) is 12.1 Å². The predicted molar refractivity (Wildman–Crippen MR) is 64.9 cm³/mol. The zero-order valence-corrected chi connectivity index (χ0v) is 9.65. The molecule has 0 saturated heterocycles. The number of nitrogens with one attached hydrogen (secondary N) is 1. The molecule has 1 heterocycles. The van der Waals surface area contributed by atoms with Gasteiger partial charge in [-0.15, -0.1) is 0 Å². The monoisotopic (exact) mass is 281 g/mol. The van der Waals surface area contributed by atoms with Crippen LogP contribution in [0.1, 0.15) is 5.56 Å². The minimum absolute atomic E-state index is 0.329. The molecule has 0 atom stereocenters. The molecule has 0 spiro atoms. The van der Waals surface area contributed by atoms with E-state index in [1.165, 1.54) is 6.08 Å². The fraction of sp³-hybridized carbons (Fsp3) is 0. The number of aliphatic carboxylic acids is 1. The molecule has 0 radical (unpaired) electrons. The lowest BCUT2D eigenvalue weighted by Gasteiger charge is -1.96. The molecule has 0 saturated carbocycles. The molecule has 16 heavy (non-hydrogen) atoms. The maximum atomic E-state index is 10.4. The topological polar surface area (TPSA) is 92.0 Å². The van der Waals surface area contributed by atoms with E-state index >= 15 is 0 Å². The molecule has 1 aromatic heterocycles. The Morgan fingerprint density at radius 2 is 2.31 bits per heavy atom. The second-order valence-corrected chi connectivity index (χ2v) is 4.05. The summed E-state index contributed by atoms with van der Waals surface area (Å²) < 4.78 is 0.767. The summed E-state index contributed by atoms with van der Waals surface area (Å²) >= 11 is 3.35. The number of nitrogens with two attached hydrogens (primary N) is 1. The standard InChI is InChI=1S/C10H8BrN3O2/c11-6-3-5(1-2-8(15)16)4-7-9(6)14-10(12)13-7/h1-4H,(H,15,16)(H3,12,13,14). The van der Waals surface area contributed by atoms with Crippen molar-refractivity contribution in [2.45, 2.75) is 0 Å².